The van der Waals surface area contributed by atoms with Crippen LogP contribution in [0.2, 0.25) is 0 Å². The molecular weight excluding hydrogens is 332 g/mol. The monoisotopic (exact) mass is 358 g/mol. The van der Waals surface area contributed by atoms with E-state index in [1.54, 1.807) is 17.1 Å². The molecule has 0 aliphatic heterocycles. The van der Waals surface area contributed by atoms with E-state index >= 15 is 0 Å². The summed E-state index contributed by atoms with van der Waals surface area (Å²) in [5, 5.41) is 11.4. The lowest BCUT2D eigenvalue weighted by atomic mass is 9.95. The Kier molecular flexibility index (Phi) is 4.76. The Balaban J connectivity index is 1.38. The van der Waals surface area contributed by atoms with Crippen molar-refractivity contribution >= 4 is 5.91 Å². The summed E-state index contributed by atoms with van der Waals surface area (Å²) in [6.45, 7) is 0.193. The average molecular weight is 358 g/mol. The van der Waals surface area contributed by atoms with Gasteiger partial charge in [-0.3, -0.25) is 9.48 Å². The molecule has 2 aliphatic carbocycles. The second-order valence-corrected chi connectivity index (χ2v) is 7.62. The third-order valence-corrected chi connectivity index (χ3v) is 5.52. The fourth-order valence-electron chi connectivity index (χ4n) is 4.00. The van der Waals surface area contributed by atoms with Gasteiger partial charge in [0.2, 0.25) is 5.91 Å². The van der Waals surface area contributed by atoms with Gasteiger partial charge in [0, 0.05) is 12.2 Å². The van der Waals surface area contributed by atoms with Crippen molar-refractivity contribution in [3.05, 3.63) is 18.2 Å². The minimum atomic E-state index is -0.475. The van der Waals surface area contributed by atoms with Gasteiger partial charge in [-0.1, -0.05) is 37.3 Å². The molecule has 26 heavy (non-hydrogen) atoms. The van der Waals surface area contributed by atoms with Crippen molar-refractivity contribution in [2.45, 2.75) is 75.9 Å². The van der Waals surface area contributed by atoms with Gasteiger partial charge in [0.05, 0.1) is 17.3 Å². The summed E-state index contributed by atoms with van der Waals surface area (Å²) < 4.78 is 6.98. The van der Waals surface area contributed by atoms with E-state index in [1.807, 2.05) is 0 Å². The Morgan fingerprint density at radius 3 is 2.81 bits per heavy atom. The van der Waals surface area contributed by atoms with E-state index in [9.17, 15) is 4.79 Å². The quantitative estimate of drug-likeness (QED) is 0.846. The second-order valence-electron chi connectivity index (χ2n) is 7.62. The summed E-state index contributed by atoms with van der Waals surface area (Å²) in [7, 11) is 0. The van der Waals surface area contributed by atoms with Crippen LogP contribution in [-0.4, -0.2) is 31.9 Å². The molecule has 4 rings (SSSR count). The maximum absolute atomic E-state index is 12.2. The van der Waals surface area contributed by atoms with Crippen LogP contribution in [0.3, 0.4) is 0 Å². The van der Waals surface area contributed by atoms with E-state index in [2.05, 4.69) is 20.6 Å². The summed E-state index contributed by atoms with van der Waals surface area (Å²) in [6.07, 6.45) is 13.1. The van der Waals surface area contributed by atoms with Gasteiger partial charge >= 0.3 is 0 Å². The molecule has 8 nitrogen and oxygen atoms in total. The van der Waals surface area contributed by atoms with Crippen molar-refractivity contribution < 1.29 is 9.32 Å². The van der Waals surface area contributed by atoms with Crippen LogP contribution in [0.5, 0.6) is 0 Å². The van der Waals surface area contributed by atoms with Gasteiger partial charge in [0.1, 0.15) is 6.54 Å². The minimum absolute atomic E-state index is 0.00960. The first-order valence-electron chi connectivity index (χ1n) is 9.58. The largest absolute Gasteiger partial charge is 0.352 e. The van der Waals surface area contributed by atoms with Gasteiger partial charge in [-0.15, -0.1) is 0 Å². The Morgan fingerprint density at radius 2 is 2.04 bits per heavy atom. The van der Waals surface area contributed by atoms with Crippen LogP contribution in [0.4, 0.5) is 0 Å². The average Bonchev–Trinajstić information content (AvgIpc) is 3.36. The third-order valence-electron chi connectivity index (χ3n) is 5.52. The molecule has 2 fully saturated rings. The third kappa shape index (κ3) is 3.65. The molecule has 1 amide bonds. The van der Waals surface area contributed by atoms with Crippen molar-refractivity contribution in [1.29, 1.82) is 0 Å². The highest BCUT2D eigenvalue weighted by molar-refractivity contribution is 5.76. The fourth-order valence-corrected chi connectivity index (χ4v) is 4.00. The zero-order chi connectivity index (χ0) is 18.0. The van der Waals surface area contributed by atoms with Crippen LogP contribution in [0.25, 0.3) is 11.5 Å². The summed E-state index contributed by atoms with van der Waals surface area (Å²) in [5.41, 5.74) is 6.60. The Bertz CT molecular complexity index is 755. The molecule has 0 unspecified atom stereocenters. The normalized spacial score (nSPS) is 20.3. The molecule has 8 heteroatoms. The van der Waals surface area contributed by atoms with Crippen molar-refractivity contribution in [1.82, 2.24) is 25.2 Å². The summed E-state index contributed by atoms with van der Waals surface area (Å²) >= 11 is 0. The second kappa shape index (κ2) is 7.19. The molecule has 0 saturated heterocycles. The highest BCUT2D eigenvalue weighted by Crippen LogP contribution is 2.35. The predicted octanol–water partition coefficient (Wildman–Crippen LogP) is 2.11. The molecule has 3 N–H and O–H groups in total. The molecule has 2 saturated carbocycles. The van der Waals surface area contributed by atoms with E-state index in [0.717, 1.165) is 38.5 Å². The summed E-state index contributed by atoms with van der Waals surface area (Å²) in [4.78, 5) is 16.7. The SMILES string of the molecule is NC1(c2noc(-c3cnn(CC(=O)NC4CCCCC4)c3)n2)CCCC1. The van der Waals surface area contributed by atoms with Gasteiger partial charge in [0.15, 0.2) is 5.82 Å². The molecule has 2 aliphatic rings. The van der Waals surface area contributed by atoms with Crippen LogP contribution in [0.1, 0.15) is 63.6 Å². The Morgan fingerprint density at radius 1 is 1.27 bits per heavy atom. The van der Waals surface area contributed by atoms with Gasteiger partial charge < -0.3 is 15.6 Å². The van der Waals surface area contributed by atoms with E-state index in [4.69, 9.17) is 10.3 Å². The zero-order valence-electron chi connectivity index (χ0n) is 15.0. The number of hydrogen-bond acceptors (Lipinski definition) is 6. The molecule has 0 atom stereocenters. The van der Waals surface area contributed by atoms with Gasteiger partial charge in [0.25, 0.3) is 5.89 Å². The van der Waals surface area contributed by atoms with Gasteiger partial charge in [-0.05, 0) is 25.7 Å². The number of aromatic nitrogens is 4. The van der Waals surface area contributed by atoms with Crippen LogP contribution in [-0.2, 0) is 16.9 Å². The number of hydrogen-bond donors (Lipinski definition) is 2. The van der Waals surface area contributed by atoms with Crippen molar-refractivity contribution in [3.63, 3.8) is 0 Å². The van der Waals surface area contributed by atoms with Crippen molar-refractivity contribution in [2.24, 2.45) is 5.73 Å². The molecular formula is C18H26N6O2. The standard InChI is InChI=1S/C18H26N6O2/c19-18(8-4-5-9-18)17-22-16(26-23-17)13-10-20-24(11-13)12-15(25)21-14-6-2-1-3-7-14/h10-11,14H,1-9,12,19H2,(H,21,25). The Labute approximate surface area is 152 Å². The lowest BCUT2D eigenvalue weighted by Crippen LogP contribution is -2.38. The highest BCUT2D eigenvalue weighted by atomic mass is 16.5. The number of nitrogens with zero attached hydrogens (tertiary/aromatic N) is 4. The fraction of sp³-hybridized carbons (Fsp3) is 0.667. The van der Waals surface area contributed by atoms with Crippen LogP contribution < -0.4 is 11.1 Å². The molecule has 0 radical (unpaired) electrons. The number of carbonyl (C=O) groups excluding carboxylic acids is 1. The first-order chi connectivity index (χ1) is 12.6. The summed E-state index contributed by atoms with van der Waals surface area (Å²) in [6, 6.07) is 0.303. The molecule has 2 heterocycles. The number of amides is 1. The van der Waals surface area contributed by atoms with Gasteiger partial charge in [-0.2, -0.15) is 10.1 Å². The maximum Gasteiger partial charge on any atom is 0.261 e. The van der Waals surface area contributed by atoms with E-state index in [1.165, 1.54) is 19.3 Å². The number of nitrogens with one attached hydrogen (secondary N) is 1. The molecule has 0 spiro atoms. The minimum Gasteiger partial charge on any atom is -0.352 e. The zero-order valence-corrected chi connectivity index (χ0v) is 15.0. The van der Waals surface area contributed by atoms with E-state index in [-0.39, 0.29) is 12.5 Å². The number of rotatable bonds is 5. The molecule has 2 aromatic heterocycles. The first kappa shape index (κ1) is 17.2. The van der Waals surface area contributed by atoms with Crippen molar-refractivity contribution in [2.75, 3.05) is 0 Å². The lowest BCUT2D eigenvalue weighted by Gasteiger charge is -2.22. The molecule has 140 valence electrons. The first-order valence-corrected chi connectivity index (χ1v) is 9.58. The van der Waals surface area contributed by atoms with E-state index in [0.29, 0.717) is 23.3 Å². The summed E-state index contributed by atoms with van der Waals surface area (Å²) in [5.74, 6) is 0.952. The van der Waals surface area contributed by atoms with Crippen LogP contribution in [0.15, 0.2) is 16.9 Å². The Hall–Kier alpha value is -2.22. The maximum atomic E-state index is 12.2. The molecule has 0 aromatic carbocycles. The van der Waals surface area contributed by atoms with E-state index < -0.39 is 5.54 Å². The molecule has 0 bridgehead atoms. The predicted molar refractivity (Wildman–Crippen MR) is 94.9 cm³/mol. The molecule has 2 aromatic rings. The van der Waals surface area contributed by atoms with Crippen LogP contribution >= 0.6 is 0 Å². The number of nitrogens with two attached hydrogens (primary N) is 1. The smallest absolute Gasteiger partial charge is 0.261 e. The van der Waals surface area contributed by atoms with Crippen LogP contribution in [0, 0.1) is 0 Å². The number of carbonyl (C=O) groups is 1. The highest BCUT2D eigenvalue weighted by Gasteiger charge is 2.36. The topological polar surface area (TPSA) is 112 Å². The lowest BCUT2D eigenvalue weighted by molar-refractivity contribution is -0.122. The van der Waals surface area contributed by atoms with Crippen molar-refractivity contribution in [3.8, 4) is 11.5 Å². The van der Waals surface area contributed by atoms with Gasteiger partial charge in [-0.25, -0.2) is 0 Å².